The van der Waals surface area contributed by atoms with Gasteiger partial charge in [-0.25, -0.2) is 0 Å². The first-order chi connectivity index (χ1) is 11.3. The Hall–Kier alpha value is -1.65. The Balaban J connectivity index is 1.34. The van der Waals surface area contributed by atoms with E-state index < -0.39 is 0 Å². The summed E-state index contributed by atoms with van der Waals surface area (Å²) in [7, 11) is 0. The number of aryl methyl sites for hydroxylation is 2. The van der Waals surface area contributed by atoms with Crippen LogP contribution in [0.15, 0.2) is 35.7 Å². The van der Waals surface area contributed by atoms with E-state index in [9.17, 15) is 4.79 Å². The van der Waals surface area contributed by atoms with Crippen molar-refractivity contribution in [2.45, 2.75) is 25.8 Å². The molecule has 1 saturated heterocycles. The maximum atomic E-state index is 12.4. The zero-order valence-corrected chi connectivity index (χ0v) is 14.1. The number of fused-ring (bicyclic) bond motifs is 1. The molecule has 0 saturated carbocycles. The monoisotopic (exact) mass is 326 g/mol. The van der Waals surface area contributed by atoms with Crippen LogP contribution < -0.4 is 0 Å². The van der Waals surface area contributed by atoms with Gasteiger partial charge in [-0.3, -0.25) is 9.69 Å². The molecule has 1 aromatic heterocycles. The average molecular weight is 326 g/mol. The van der Waals surface area contributed by atoms with Gasteiger partial charge < -0.3 is 4.90 Å². The van der Waals surface area contributed by atoms with Crippen molar-refractivity contribution in [1.82, 2.24) is 9.80 Å². The molecule has 0 spiro atoms. The summed E-state index contributed by atoms with van der Waals surface area (Å²) in [6, 6.07) is 10.9. The highest BCUT2D eigenvalue weighted by atomic mass is 32.1. The minimum Gasteiger partial charge on any atom is -0.335 e. The van der Waals surface area contributed by atoms with E-state index in [0.717, 1.165) is 37.6 Å². The molecule has 0 atom stereocenters. The van der Waals surface area contributed by atoms with E-state index in [2.05, 4.69) is 23.1 Å². The molecule has 0 radical (unpaired) electrons. The van der Waals surface area contributed by atoms with Crippen molar-refractivity contribution >= 4 is 17.2 Å². The fourth-order valence-electron chi connectivity index (χ4n) is 3.65. The van der Waals surface area contributed by atoms with E-state index in [-0.39, 0.29) is 5.91 Å². The second kappa shape index (κ2) is 6.46. The molecule has 0 bridgehead atoms. The first-order valence-electron chi connectivity index (χ1n) is 8.45. The fraction of sp³-hybridized carbons (Fsp3) is 0.421. The molecule has 120 valence electrons. The van der Waals surface area contributed by atoms with Gasteiger partial charge in [0.1, 0.15) is 0 Å². The molecule has 0 unspecified atom stereocenters. The van der Waals surface area contributed by atoms with Gasteiger partial charge in [0.25, 0.3) is 5.91 Å². The number of hydrogen-bond donors (Lipinski definition) is 0. The highest BCUT2D eigenvalue weighted by Crippen LogP contribution is 2.23. The second-order valence-electron chi connectivity index (χ2n) is 6.50. The zero-order valence-electron chi connectivity index (χ0n) is 13.3. The molecule has 0 N–H and O–H groups in total. The molecule has 4 rings (SSSR count). The number of piperazine rings is 1. The van der Waals surface area contributed by atoms with Gasteiger partial charge in [0, 0.05) is 32.7 Å². The van der Waals surface area contributed by atoms with Crippen LogP contribution >= 0.6 is 11.3 Å². The Bertz CT molecular complexity index is 687. The summed E-state index contributed by atoms with van der Waals surface area (Å²) >= 11 is 1.53. The maximum absolute atomic E-state index is 12.4. The van der Waals surface area contributed by atoms with Crippen molar-refractivity contribution in [3.05, 3.63) is 57.3 Å². The molecule has 2 heterocycles. The van der Waals surface area contributed by atoms with Crippen molar-refractivity contribution in [3.63, 3.8) is 0 Å². The van der Waals surface area contributed by atoms with Crippen molar-refractivity contribution in [1.29, 1.82) is 0 Å². The summed E-state index contributed by atoms with van der Waals surface area (Å²) in [5.41, 5.74) is 4.51. The molecular formula is C19H22N2OS. The molecule has 2 aliphatic rings. The highest BCUT2D eigenvalue weighted by molar-refractivity contribution is 7.12. The third-order valence-electron chi connectivity index (χ3n) is 4.96. The summed E-state index contributed by atoms with van der Waals surface area (Å²) < 4.78 is 0. The molecule has 1 aliphatic carbocycles. The van der Waals surface area contributed by atoms with Crippen molar-refractivity contribution in [2.24, 2.45) is 0 Å². The van der Waals surface area contributed by atoms with Crippen LogP contribution in [0.4, 0.5) is 0 Å². The van der Waals surface area contributed by atoms with E-state index in [0.29, 0.717) is 0 Å². The van der Waals surface area contributed by atoms with Gasteiger partial charge in [-0.05, 0) is 47.4 Å². The predicted octanol–water partition coefficient (Wildman–Crippen LogP) is 3.19. The molecule has 4 heteroatoms. The van der Waals surface area contributed by atoms with Gasteiger partial charge in [0.05, 0.1) is 4.88 Å². The van der Waals surface area contributed by atoms with Crippen LogP contribution in [-0.4, -0.2) is 41.9 Å². The second-order valence-corrected chi connectivity index (χ2v) is 7.45. The fourth-order valence-corrected chi connectivity index (χ4v) is 4.34. The van der Waals surface area contributed by atoms with Gasteiger partial charge in [-0.15, -0.1) is 11.3 Å². The Morgan fingerprint density at radius 2 is 1.87 bits per heavy atom. The van der Waals surface area contributed by atoms with E-state index in [4.69, 9.17) is 0 Å². The minimum atomic E-state index is 0.192. The SMILES string of the molecule is O=C(c1cccs1)N1CCN(Cc2ccc3c(c2)CCC3)CC1. The quantitative estimate of drug-likeness (QED) is 0.865. The standard InChI is InChI=1S/C19H22N2OS/c22-19(18-5-2-12-23-18)21-10-8-20(9-11-21)14-15-6-7-16-3-1-4-17(16)13-15/h2,5-7,12-13H,1,3-4,8-11,14H2. The third-order valence-corrected chi connectivity index (χ3v) is 5.82. The third kappa shape index (κ3) is 3.19. The minimum absolute atomic E-state index is 0.192. The topological polar surface area (TPSA) is 23.6 Å². The largest absolute Gasteiger partial charge is 0.335 e. The van der Waals surface area contributed by atoms with Gasteiger partial charge in [-0.1, -0.05) is 24.3 Å². The lowest BCUT2D eigenvalue weighted by atomic mass is 10.1. The van der Waals surface area contributed by atoms with Crippen LogP contribution in [0.1, 0.15) is 32.8 Å². The molecule has 1 aliphatic heterocycles. The molecule has 1 aromatic carbocycles. The lowest BCUT2D eigenvalue weighted by Gasteiger charge is -2.34. The predicted molar refractivity (Wildman–Crippen MR) is 94.0 cm³/mol. The summed E-state index contributed by atoms with van der Waals surface area (Å²) in [5, 5.41) is 1.97. The number of amides is 1. The summed E-state index contributed by atoms with van der Waals surface area (Å²) in [6.07, 6.45) is 3.80. The first-order valence-corrected chi connectivity index (χ1v) is 9.33. The van der Waals surface area contributed by atoms with Gasteiger partial charge >= 0.3 is 0 Å². The molecule has 23 heavy (non-hydrogen) atoms. The molecule has 1 amide bonds. The number of hydrogen-bond acceptors (Lipinski definition) is 3. The lowest BCUT2D eigenvalue weighted by Crippen LogP contribution is -2.48. The Kier molecular flexibility index (Phi) is 4.19. The van der Waals surface area contributed by atoms with E-state index in [1.54, 1.807) is 11.1 Å². The maximum Gasteiger partial charge on any atom is 0.264 e. The van der Waals surface area contributed by atoms with Crippen LogP contribution in [0.5, 0.6) is 0 Å². The molecule has 2 aromatic rings. The summed E-state index contributed by atoms with van der Waals surface area (Å²) in [6.45, 7) is 4.61. The molecular weight excluding hydrogens is 304 g/mol. The van der Waals surface area contributed by atoms with E-state index in [1.165, 1.54) is 36.2 Å². The number of thiophene rings is 1. The normalized spacial score (nSPS) is 18.2. The Morgan fingerprint density at radius 3 is 2.65 bits per heavy atom. The van der Waals surface area contributed by atoms with Crippen LogP contribution in [-0.2, 0) is 19.4 Å². The number of rotatable bonds is 3. The van der Waals surface area contributed by atoms with E-state index in [1.807, 2.05) is 22.4 Å². The smallest absolute Gasteiger partial charge is 0.264 e. The number of carbonyl (C=O) groups excluding carboxylic acids is 1. The average Bonchev–Trinajstić information content (AvgIpc) is 3.26. The molecule has 1 fully saturated rings. The first kappa shape index (κ1) is 14.9. The Morgan fingerprint density at radius 1 is 1.04 bits per heavy atom. The summed E-state index contributed by atoms with van der Waals surface area (Å²) in [4.78, 5) is 17.7. The van der Waals surface area contributed by atoms with Gasteiger partial charge in [0.15, 0.2) is 0 Å². The van der Waals surface area contributed by atoms with Crippen LogP contribution in [0.2, 0.25) is 0 Å². The lowest BCUT2D eigenvalue weighted by molar-refractivity contribution is 0.0633. The van der Waals surface area contributed by atoms with Crippen LogP contribution in [0.25, 0.3) is 0 Å². The van der Waals surface area contributed by atoms with Crippen molar-refractivity contribution in [3.8, 4) is 0 Å². The van der Waals surface area contributed by atoms with Crippen molar-refractivity contribution in [2.75, 3.05) is 26.2 Å². The van der Waals surface area contributed by atoms with Gasteiger partial charge in [-0.2, -0.15) is 0 Å². The zero-order chi connectivity index (χ0) is 15.6. The van der Waals surface area contributed by atoms with Gasteiger partial charge in [0.2, 0.25) is 0 Å². The van der Waals surface area contributed by atoms with Crippen LogP contribution in [0, 0.1) is 0 Å². The van der Waals surface area contributed by atoms with Crippen molar-refractivity contribution < 1.29 is 4.79 Å². The Labute approximate surface area is 141 Å². The highest BCUT2D eigenvalue weighted by Gasteiger charge is 2.23. The summed E-state index contributed by atoms with van der Waals surface area (Å²) in [5.74, 6) is 0.192. The number of carbonyl (C=O) groups is 1. The molecule has 3 nitrogen and oxygen atoms in total. The van der Waals surface area contributed by atoms with E-state index >= 15 is 0 Å². The van der Waals surface area contributed by atoms with Crippen LogP contribution in [0.3, 0.4) is 0 Å². The number of benzene rings is 1. The number of nitrogens with zero attached hydrogens (tertiary/aromatic N) is 2.